The van der Waals surface area contributed by atoms with Crippen molar-refractivity contribution in [2.45, 2.75) is 22.3 Å². The maximum Gasteiger partial charge on any atom is 0.115 e. The molecule has 0 saturated carbocycles. The molecule has 0 radical (unpaired) electrons. The van der Waals surface area contributed by atoms with Gasteiger partial charge in [0.15, 0.2) is 0 Å². The Hall–Kier alpha value is -1.20. The second kappa shape index (κ2) is 6.60. The number of fused-ring (bicyclic) bond motifs is 2. The summed E-state index contributed by atoms with van der Waals surface area (Å²) < 4.78 is 0. The Morgan fingerprint density at radius 3 is 2.58 bits per heavy atom. The summed E-state index contributed by atoms with van der Waals surface area (Å²) in [6.07, 6.45) is 0.911. The van der Waals surface area contributed by atoms with Crippen molar-refractivity contribution in [1.82, 2.24) is 9.80 Å². The van der Waals surface area contributed by atoms with E-state index < -0.39 is 0 Å². The van der Waals surface area contributed by atoms with Gasteiger partial charge in [0.05, 0.1) is 0 Å². The molecule has 0 spiro atoms. The van der Waals surface area contributed by atoms with Crippen LogP contribution in [0.1, 0.15) is 17.2 Å². The molecule has 2 aliphatic rings. The van der Waals surface area contributed by atoms with Gasteiger partial charge in [-0.25, -0.2) is 0 Å². The van der Waals surface area contributed by atoms with Gasteiger partial charge in [0.1, 0.15) is 5.75 Å². The summed E-state index contributed by atoms with van der Waals surface area (Å²) in [5.41, 5.74) is 2.53. The van der Waals surface area contributed by atoms with Gasteiger partial charge in [0.2, 0.25) is 0 Å². The van der Waals surface area contributed by atoms with Crippen LogP contribution in [-0.2, 0) is 6.42 Å². The van der Waals surface area contributed by atoms with Crippen molar-refractivity contribution < 1.29 is 5.11 Å². The van der Waals surface area contributed by atoms with Gasteiger partial charge >= 0.3 is 0 Å². The Kier molecular flexibility index (Phi) is 4.48. The lowest BCUT2D eigenvalue weighted by atomic mass is 9.96. The van der Waals surface area contributed by atoms with Crippen LogP contribution in [0.15, 0.2) is 46.2 Å². The maximum atomic E-state index is 9.92. The fraction of sp³-hybridized carbons (Fsp3) is 0.368. The van der Waals surface area contributed by atoms with Gasteiger partial charge in [0, 0.05) is 47.0 Å². The Balaban J connectivity index is 1.77. The van der Waals surface area contributed by atoms with Crippen LogP contribution in [0, 0.1) is 0 Å². The number of aromatic hydroxyl groups is 1. The lowest BCUT2D eigenvalue weighted by Crippen LogP contribution is -2.46. The summed E-state index contributed by atoms with van der Waals surface area (Å²) in [4.78, 5) is 7.44. The number of nitrogens with zero attached hydrogens (tertiary/aromatic N) is 2. The number of likely N-dealkylation sites (N-methyl/N-ethyl adjacent to an activating group) is 1. The summed E-state index contributed by atoms with van der Waals surface area (Å²) in [5.74, 6) is 0.343. The number of hydrogen-bond acceptors (Lipinski definition) is 4. The van der Waals surface area contributed by atoms with E-state index in [1.807, 2.05) is 18.2 Å². The van der Waals surface area contributed by atoms with Crippen molar-refractivity contribution in [3.63, 3.8) is 0 Å². The summed E-state index contributed by atoms with van der Waals surface area (Å²) in [7, 11) is 2.18. The molecule has 5 heteroatoms. The number of rotatable bonds is 1. The first-order valence-electron chi connectivity index (χ1n) is 8.32. The smallest absolute Gasteiger partial charge is 0.115 e. The SMILES string of the molecule is CN1CCN([C@@H]2Cc3cc(O)ccc3Sc3ccc(Cl)cc32)CC1. The highest BCUT2D eigenvalue weighted by Gasteiger charge is 2.29. The fourth-order valence-corrected chi connectivity index (χ4v) is 4.87. The van der Waals surface area contributed by atoms with E-state index >= 15 is 0 Å². The van der Waals surface area contributed by atoms with E-state index in [9.17, 15) is 5.11 Å². The summed E-state index contributed by atoms with van der Waals surface area (Å²) in [6.45, 7) is 4.30. The summed E-state index contributed by atoms with van der Waals surface area (Å²) >= 11 is 8.10. The van der Waals surface area contributed by atoms with Crippen LogP contribution in [-0.4, -0.2) is 48.1 Å². The third kappa shape index (κ3) is 3.16. The Bertz CT molecular complexity index is 759. The van der Waals surface area contributed by atoms with Crippen molar-refractivity contribution in [1.29, 1.82) is 0 Å². The van der Waals surface area contributed by atoms with E-state index in [1.54, 1.807) is 17.8 Å². The molecular weight excluding hydrogens is 340 g/mol. The zero-order chi connectivity index (χ0) is 16.7. The van der Waals surface area contributed by atoms with E-state index in [-0.39, 0.29) is 0 Å². The van der Waals surface area contributed by atoms with Gasteiger partial charge in [-0.3, -0.25) is 4.90 Å². The van der Waals surface area contributed by atoms with Gasteiger partial charge < -0.3 is 10.0 Å². The van der Waals surface area contributed by atoms with Gasteiger partial charge in [-0.1, -0.05) is 23.4 Å². The second-order valence-corrected chi connectivity index (χ2v) is 8.16. The Labute approximate surface area is 152 Å². The number of halogens is 1. The normalized spacial score (nSPS) is 21.8. The van der Waals surface area contributed by atoms with Gasteiger partial charge in [-0.05, 0) is 61.0 Å². The molecule has 3 nitrogen and oxygen atoms in total. The predicted molar refractivity (Wildman–Crippen MR) is 99.2 cm³/mol. The van der Waals surface area contributed by atoms with Gasteiger partial charge in [-0.2, -0.15) is 0 Å². The molecule has 0 aliphatic carbocycles. The number of piperazine rings is 1. The first kappa shape index (κ1) is 16.3. The van der Waals surface area contributed by atoms with Crippen molar-refractivity contribution >= 4 is 23.4 Å². The van der Waals surface area contributed by atoms with Crippen LogP contribution in [0.3, 0.4) is 0 Å². The summed E-state index contributed by atoms with van der Waals surface area (Å²) in [5, 5.41) is 10.7. The molecule has 0 aromatic heterocycles. The molecule has 1 saturated heterocycles. The highest BCUT2D eigenvalue weighted by molar-refractivity contribution is 7.99. The van der Waals surface area contributed by atoms with Crippen LogP contribution in [0.2, 0.25) is 5.02 Å². The molecule has 126 valence electrons. The molecule has 1 atom stereocenters. The molecule has 1 N–H and O–H groups in total. The zero-order valence-electron chi connectivity index (χ0n) is 13.7. The molecular formula is C19H21ClN2OS. The molecule has 24 heavy (non-hydrogen) atoms. The molecule has 2 heterocycles. The van der Waals surface area contributed by atoms with Crippen LogP contribution in [0.5, 0.6) is 5.75 Å². The van der Waals surface area contributed by atoms with Crippen molar-refractivity contribution in [3.05, 3.63) is 52.5 Å². The van der Waals surface area contributed by atoms with Crippen LogP contribution in [0.4, 0.5) is 0 Å². The highest BCUT2D eigenvalue weighted by Crippen LogP contribution is 2.44. The van der Waals surface area contributed by atoms with Crippen molar-refractivity contribution in [2.24, 2.45) is 0 Å². The monoisotopic (exact) mass is 360 g/mol. The molecule has 2 aromatic rings. The highest BCUT2D eigenvalue weighted by atomic mass is 35.5. The Morgan fingerprint density at radius 2 is 1.79 bits per heavy atom. The molecule has 0 unspecified atom stereocenters. The first-order chi connectivity index (χ1) is 11.6. The number of phenolic OH excluding ortho intramolecular Hbond substituents is 1. The molecule has 2 aromatic carbocycles. The molecule has 2 aliphatic heterocycles. The predicted octanol–water partition coefficient (Wildman–Crippen LogP) is 4.04. The zero-order valence-corrected chi connectivity index (χ0v) is 15.3. The largest absolute Gasteiger partial charge is 0.508 e. The molecule has 4 rings (SSSR count). The van der Waals surface area contributed by atoms with Gasteiger partial charge in [-0.15, -0.1) is 0 Å². The van der Waals surface area contributed by atoms with Crippen molar-refractivity contribution in [2.75, 3.05) is 33.2 Å². The lowest BCUT2D eigenvalue weighted by Gasteiger charge is -2.38. The third-order valence-corrected chi connectivity index (χ3v) is 6.43. The molecule has 0 bridgehead atoms. The molecule has 0 amide bonds. The minimum absolute atomic E-state index is 0.308. The summed E-state index contributed by atoms with van der Waals surface area (Å²) in [6, 6.07) is 12.3. The van der Waals surface area contributed by atoms with Crippen LogP contribution < -0.4 is 0 Å². The second-order valence-electron chi connectivity index (χ2n) is 6.64. The number of benzene rings is 2. The quantitative estimate of drug-likeness (QED) is 0.830. The Morgan fingerprint density at radius 1 is 1.04 bits per heavy atom. The average Bonchev–Trinajstić information content (AvgIpc) is 2.72. The van der Waals surface area contributed by atoms with Gasteiger partial charge in [0.25, 0.3) is 0 Å². The minimum Gasteiger partial charge on any atom is -0.508 e. The maximum absolute atomic E-state index is 9.92. The minimum atomic E-state index is 0.308. The number of phenols is 1. The van der Waals surface area contributed by atoms with E-state index in [4.69, 9.17) is 11.6 Å². The van der Waals surface area contributed by atoms with E-state index in [2.05, 4.69) is 29.0 Å². The first-order valence-corrected chi connectivity index (χ1v) is 9.51. The van der Waals surface area contributed by atoms with E-state index in [0.717, 1.165) is 37.6 Å². The standard InChI is InChI=1S/C19H21ClN2OS/c1-21-6-8-22(9-7-21)17-11-13-10-15(23)3-5-18(13)24-19-4-2-14(20)12-16(17)19/h2-5,10,12,17,23H,6-9,11H2,1H3/t17-/m1/s1. The van der Waals surface area contributed by atoms with E-state index in [0.29, 0.717) is 11.8 Å². The van der Waals surface area contributed by atoms with E-state index in [1.165, 1.54) is 20.9 Å². The topological polar surface area (TPSA) is 26.7 Å². The van der Waals surface area contributed by atoms with Crippen molar-refractivity contribution in [3.8, 4) is 5.75 Å². The lowest BCUT2D eigenvalue weighted by molar-refractivity contribution is 0.110. The molecule has 1 fully saturated rings. The number of hydrogen-bond donors (Lipinski definition) is 1. The fourth-order valence-electron chi connectivity index (χ4n) is 3.59. The van der Waals surface area contributed by atoms with Crippen LogP contribution in [0.25, 0.3) is 0 Å². The van der Waals surface area contributed by atoms with Crippen LogP contribution >= 0.6 is 23.4 Å². The third-order valence-electron chi connectivity index (χ3n) is 4.99. The average molecular weight is 361 g/mol.